The average molecular weight is 336 g/mol. The largest absolute Gasteiger partial charge is 0.363 e. The van der Waals surface area contributed by atoms with Crippen molar-refractivity contribution in [3.63, 3.8) is 0 Å². The number of aliphatic hydroxyl groups is 1. The number of hydrogen-bond donors (Lipinski definition) is 1. The maximum atomic E-state index is 11.1. The van der Waals surface area contributed by atoms with Crippen LogP contribution in [0.1, 0.15) is 16.7 Å². The molecule has 21 heavy (non-hydrogen) atoms. The lowest BCUT2D eigenvalue weighted by Gasteiger charge is -2.27. The van der Waals surface area contributed by atoms with Gasteiger partial charge in [0.15, 0.2) is 4.21 Å². The lowest BCUT2D eigenvalue weighted by molar-refractivity contribution is 0.0458. The van der Waals surface area contributed by atoms with E-state index >= 15 is 0 Å². The predicted octanol–water partition coefficient (Wildman–Crippen LogP) is 4.17. The molecule has 1 aliphatic carbocycles. The summed E-state index contributed by atoms with van der Waals surface area (Å²) in [4.78, 5) is 4.56. The highest BCUT2D eigenvalue weighted by Gasteiger charge is 2.61. The molecule has 2 aliphatic rings. The van der Waals surface area contributed by atoms with Crippen molar-refractivity contribution in [2.45, 2.75) is 16.4 Å². The van der Waals surface area contributed by atoms with Crippen LogP contribution in [-0.4, -0.2) is 14.4 Å². The van der Waals surface area contributed by atoms with Gasteiger partial charge in [-0.1, -0.05) is 59.8 Å². The first-order chi connectivity index (χ1) is 10.0. The molecular formula is C16H11Cl2NOS. The van der Waals surface area contributed by atoms with Crippen molar-refractivity contribution < 1.29 is 5.11 Å². The molecule has 5 heteroatoms. The Kier molecular flexibility index (Phi) is 2.92. The Bertz CT molecular complexity index is 764. The summed E-state index contributed by atoms with van der Waals surface area (Å²) in [6.07, 6.45) is 0.533. The zero-order valence-electron chi connectivity index (χ0n) is 10.9. The van der Waals surface area contributed by atoms with Crippen molar-refractivity contribution in [3.8, 4) is 0 Å². The Morgan fingerprint density at radius 2 is 1.90 bits per heavy atom. The van der Waals surface area contributed by atoms with E-state index in [0.717, 1.165) is 21.7 Å². The van der Waals surface area contributed by atoms with Crippen LogP contribution >= 0.6 is 35.0 Å². The molecule has 1 heterocycles. The highest BCUT2D eigenvalue weighted by Crippen LogP contribution is 2.60. The number of aliphatic imine (C=N–C) groups is 1. The quantitative estimate of drug-likeness (QED) is 0.793. The number of rotatable bonds is 1. The molecular weight excluding hydrogens is 325 g/mol. The first kappa shape index (κ1) is 13.6. The van der Waals surface area contributed by atoms with Gasteiger partial charge >= 0.3 is 0 Å². The lowest BCUT2D eigenvalue weighted by Crippen LogP contribution is -2.36. The Morgan fingerprint density at radius 1 is 1.14 bits per heavy atom. The fraction of sp³-hybridized carbons (Fsp3) is 0.188. The van der Waals surface area contributed by atoms with Gasteiger partial charge in [-0.15, -0.1) is 11.6 Å². The minimum absolute atomic E-state index is 0.533. The van der Waals surface area contributed by atoms with Crippen molar-refractivity contribution in [2.24, 2.45) is 4.99 Å². The number of nitrogens with zero attached hydrogens (tertiary/aromatic N) is 1. The van der Waals surface area contributed by atoms with Crippen LogP contribution in [0.3, 0.4) is 0 Å². The molecule has 0 radical (unpaired) electrons. The van der Waals surface area contributed by atoms with Crippen molar-refractivity contribution in [3.05, 3.63) is 70.2 Å². The second-order valence-electron chi connectivity index (χ2n) is 5.26. The number of fused-ring (bicyclic) bond motifs is 3. The molecule has 2 aromatic rings. The van der Waals surface area contributed by atoms with Crippen LogP contribution in [0.5, 0.6) is 0 Å². The zero-order valence-corrected chi connectivity index (χ0v) is 13.2. The van der Waals surface area contributed by atoms with Gasteiger partial charge < -0.3 is 5.11 Å². The van der Waals surface area contributed by atoms with E-state index in [4.69, 9.17) is 23.2 Å². The van der Waals surface area contributed by atoms with Crippen LogP contribution in [0, 0.1) is 0 Å². The average Bonchev–Trinajstić information content (AvgIpc) is 2.83. The monoisotopic (exact) mass is 335 g/mol. The van der Waals surface area contributed by atoms with Gasteiger partial charge in [0.1, 0.15) is 5.04 Å². The van der Waals surface area contributed by atoms with Crippen LogP contribution in [0.25, 0.3) is 0 Å². The minimum Gasteiger partial charge on any atom is -0.363 e. The van der Waals surface area contributed by atoms with Crippen LogP contribution < -0.4 is 0 Å². The van der Waals surface area contributed by atoms with Crippen molar-refractivity contribution >= 4 is 40.0 Å². The highest BCUT2D eigenvalue weighted by molar-refractivity contribution is 8.16. The third-order valence-corrected chi connectivity index (χ3v) is 6.06. The summed E-state index contributed by atoms with van der Waals surface area (Å²) < 4.78 is -0.898. The molecule has 0 spiro atoms. The fourth-order valence-electron chi connectivity index (χ4n) is 2.90. The molecule has 106 valence electrons. The maximum Gasteiger partial charge on any atom is 0.213 e. The Hall–Kier alpha value is -1.00. The molecule has 1 aliphatic heterocycles. The van der Waals surface area contributed by atoms with E-state index in [9.17, 15) is 5.11 Å². The molecule has 2 unspecified atom stereocenters. The van der Waals surface area contributed by atoms with Gasteiger partial charge in [0.2, 0.25) is 5.72 Å². The van der Waals surface area contributed by atoms with Crippen molar-refractivity contribution in [1.29, 1.82) is 0 Å². The smallest absolute Gasteiger partial charge is 0.213 e. The molecule has 0 amide bonds. The maximum absolute atomic E-state index is 11.1. The summed E-state index contributed by atoms with van der Waals surface area (Å²) >= 11 is 14.2. The van der Waals surface area contributed by atoms with Crippen LogP contribution in [0.4, 0.5) is 0 Å². The molecule has 2 atom stereocenters. The summed E-state index contributed by atoms with van der Waals surface area (Å²) in [5.74, 6) is 0. The Balaban J connectivity index is 1.86. The lowest BCUT2D eigenvalue weighted by atomic mass is 10.1. The van der Waals surface area contributed by atoms with Crippen LogP contribution in [0.15, 0.2) is 53.5 Å². The molecule has 2 aromatic carbocycles. The predicted molar refractivity (Wildman–Crippen MR) is 88.2 cm³/mol. The van der Waals surface area contributed by atoms with Gasteiger partial charge in [-0.05, 0) is 17.7 Å². The van der Waals surface area contributed by atoms with Gasteiger partial charge in [0.05, 0.1) is 0 Å². The first-order valence-corrected chi connectivity index (χ1v) is 8.14. The van der Waals surface area contributed by atoms with Crippen LogP contribution in [0.2, 0.25) is 5.02 Å². The summed E-state index contributed by atoms with van der Waals surface area (Å²) in [5, 5.41) is 12.5. The molecule has 0 saturated heterocycles. The number of thioether (sulfide) groups is 1. The Labute approximate surface area is 136 Å². The SMILES string of the molecule is OC12N=C(c3ccccc3)SC1(Cl)Cc1cc(Cl)ccc12. The van der Waals surface area contributed by atoms with E-state index in [1.165, 1.54) is 11.8 Å². The number of alkyl halides is 1. The van der Waals surface area contributed by atoms with E-state index < -0.39 is 9.93 Å². The minimum atomic E-state index is -1.40. The summed E-state index contributed by atoms with van der Waals surface area (Å²) in [6.45, 7) is 0. The summed E-state index contributed by atoms with van der Waals surface area (Å²) in [6, 6.07) is 15.2. The van der Waals surface area contributed by atoms with Gasteiger partial charge in [-0.2, -0.15) is 0 Å². The van der Waals surface area contributed by atoms with Gasteiger partial charge in [0.25, 0.3) is 0 Å². The molecule has 0 fully saturated rings. The van der Waals surface area contributed by atoms with E-state index in [1.807, 2.05) is 42.5 Å². The van der Waals surface area contributed by atoms with Crippen molar-refractivity contribution in [1.82, 2.24) is 0 Å². The topological polar surface area (TPSA) is 32.6 Å². The molecule has 2 nitrogen and oxygen atoms in total. The van der Waals surface area contributed by atoms with Gasteiger partial charge in [0, 0.05) is 22.6 Å². The first-order valence-electron chi connectivity index (χ1n) is 6.56. The second kappa shape index (κ2) is 4.50. The number of hydrogen-bond acceptors (Lipinski definition) is 3. The van der Waals surface area contributed by atoms with Crippen LogP contribution in [-0.2, 0) is 12.1 Å². The molecule has 1 N–H and O–H groups in total. The Morgan fingerprint density at radius 3 is 2.67 bits per heavy atom. The summed E-state index contributed by atoms with van der Waals surface area (Å²) in [5.41, 5.74) is 1.29. The molecule has 4 rings (SSSR count). The van der Waals surface area contributed by atoms with E-state index in [0.29, 0.717) is 11.4 Å². The second-order valence-corrected chi connectivity index (χ2v) is 7.86. The molecule has 0 saturated carbocycles. The normalized spacial score (nSPS) is 30.0. The number of benzene rings is 2. The fourth-order valence-corrected chi connectivity index (χ4v) is 4.86. The van der Waals surface area contributed by atoms with Gasteiger partial charge in [-0.3, -0.25) is 0 Å². The third-order valence-electron chi connectivity index (χ3n) is 3.92. The summed E-state index contributed by atoms with van der Waals surface area (Å²) in [7, 11) is 0. The molecule has 0 bridgehead atoms. The highest BCUT2D eigenvalue weighted by atomic mass is 35.5. The zero-order chi connectivity index (χ0) is 14.7. The third kappa shape index (κ3) is 1.88. The van der Waals surface area contributed by atoms with E-state index in [1.54, 1.807) is 6.07 Å². The van der Waals surface area contributed by atoms with E-state index in [-0.39, 0.29) is 0 Å². The van der Waals surface area contributed by atoms with Gasteiger partial charge in [-0.25, -0.2) is 4.99 Å². The number of halogens is 2. The molecule has 0 aromatic heterocycles. The van der Waals surface area contributed by atoms with E-state index in [2.05, 4.69) is 4.99 Å². The van der Waals surface area contributed by atoms with Crippen molar-refractivity contribution in [2.75, 3.05) is 0 Å². The standard InChI is InChI=1S/C16H11Cl2NOS/c17-12-6-7-13-11(8-12)9-15(18)16(13,20)19-14(21-15)10-4-2-1-3-5-10/h1-8,20H,9H2.